The maximum atomic E-state index is 12.2. The average Bonchev–Trinajstić information content (AvgIpc) is 2.47. The highest BCUT2D eigenvalue weighted by atomic mass is 16.1. The molecule has 110 valence electrons. The van der Waals surface area contributed by atoms with Gasteiger partial charge in [0.05, 0.1) is 11.3 Å². The third-order valence-electron chi connectivity index (χ3n) is 3.34. The highest BCUT2D eigenvalue weighted by Gasteiger charge is 2.11. The molecule has 0 radical (unpaired) electrons. The van der Waals surface area contributed by atoms with Crippen LogP contribution in [0.15, 0.2) is 36.5 Å². The molecule has 0 saturated heterocycles. The van der Waals surface area contributed by atoms with Crippen molar-refractivity contribution >= 4 is 11.6 Å². The molecule has 2 N–H and O–H groups in total. The summed E-state index contributed by atoms with van der Waals surface area (Å²) in [5.41, 5.74) is 4.73. The molecule has 21 heavy (non-hydrogen) atoms. The Morgan fingerprint density at radius 3 is 2.76 bits per heavy atom. The van der Waals surface area contributed by atoms with Crippen molar-refractivity contribution < 1.29 is 4.79 Å². The van der Waals surface area contributed by atoms with Gasteiger partial charge in [0, 0.05) is 25.5 Å². The molecular weight excluding hydrogens is 262 g/mol. The Morgan fingerprint density at radius 1 is 1.24 bits per heavy atom. The van der Waals surface area contributed by atoms with Crippen LogP contribution in [0.25, 0.3) is 0 Å². The number of hydrogen-bond donors (Lipinski definition) is 2. The van der Waals surface area contributed by atoms with Crippen LogP contribution in [0, 0.1) is 13.8 Å². The summed E-state index contributed by atoms with van der Waals surface area (Å²) >= 11 is 0. The molecule has 4 nitrogen and oxygen atoms in total. The molecule has 0 aliphatic heterocycles. The second kappa shape index (κ2) is 6.88. The van der Waals surface area contributed by atoms with Crippen molar-refractivity contribution in [1.82, 2.24) is 10.3 Å². The fraction of sp³-hybridized carbons (Fsp3) is 0.294. The zero-order valence-electron chi connectivity index (χ0n) is 12.7. The first-order chi connectivity index (χ1) is 10.1. The van der Waals surface area contributed by atoms with E-state index in [0.717, 1.165) is 17.8 Å². The number of rotatable bonds is 5. The predicted octanol–water partition coefficient (Wildman–Crippen LogP) is 2.71. The number of benzene rings is 1. The first-order valence-corrected chi connectivity index (χ1v) is 7.08. The van der Waals surface area contributed by atoms with Gasteiger partial charge in [-0.25, -0.2) is 0 Å². The van der Waals surface area contributed by atoms with Gasteiger partial charge in [0.2, 0.25) is 0 Å². The molecule has 2 aromatic rings. The second-order valence-corrected chi connectivity index (χ2v) is 5.12. The molecule has 1 heterocycles. The van der Waals surface area contributed by atoms with Crippen molar-refractivity contribution in [1.29, 1.82) is 0 Å². The van der Waals surface area contributed by atoms with E-state index in [1.54, 1.807) is 13.2 Å². The highest BCUT2D eigenvalue weighted by Crippen LogP contribution is 2.14. The number of pyridine rings is 1. The number of aryl methyl sites for hydroxylation is 2. The number of hydrogen-bond acceptors (Lipinski definition) is 3. The standard InChI is InChI=1S/C17H21N3O/c1-12-5-4-6-14(9-12)7-8-19-17(21)15-11-20-13(2)10-16(15)18-3/h4-6,9-11H,7-8H2,1-3H3,(H,18,20)(H,19,21). The van der Waals surface area contributed by atoms with Gasteiger partial charge in [-0.2, -0.15) is 0 Å². The molecule has 0 spiro atoms. The largest absolute Gasteiger partial charge is 0.387 e. The minimum atomic E-state index is -0.0977. The minimum absolute atomic E-state index is 0.0977. The Hall–Kier alpha value is -2.36. The van der Waals surface area contributed by atoms with Crippen LogP contribution in [0.3, 0.4) is 0 Å². The van der Waals surface area contributed by atoms with Crippen LogP contribution in [0.2, 0.25) is 0 Å². The Morgan fingerprint density at radius 2 is 2.05 bits per heavy atom. The summed E-state index contributed by atoms with van der Waals surface area (Å²) < 4.78 is 0. The number of anilines is 1. The quantitative estimate of drug-likeness (QED) is 0.887. The van der Waals surface area contributed by atoms with E-state index < -0.39 is 0 Å². The van der Waals surface area contributed by atoms with Gasteiger partial charge in [-0.05, 0) is 31.9 Å². The van der Waals surface area contributed by atoms with Crippen LogP contribution in [0.4, 0.5) is 5.69 Å². The minimum Gasteiger partial charge on any atom is -0.387 e. The molecule has 0 atom stereocenters. The zero-order chi connectivity index (χ0) is 15.2. The molecule has 4 heteroatoms. The Labute approximate surface area is 125 Å². The topological polar surface area (TPSA) is 54.0 Å². The van der Waals surface area contributed by atoms with E-state index >= 15 is 0 Å². The van der Waals surface area contributed by atoms with Gasteiger partial charge in [0.15, 0.2) is 0 Å². The lowest BCUT2D eigenvalue weighted by atomic mass is 10.1. The van der Waals surface area contributed by atoms with Gasteiger partial charge in [-0.3, -0.25) is 9.78 Å². The third-order valence-corrected chi connectivity index (χ3v) is 3.34. The van der Waals surface area contributed by atoms with Crippen LogP contribution in [0.1, 0.15) is 27.2 Å². The number of carbonyl (C=O) groups excluding carboxylic acids is 1. The summed E-state index contributed by atoms with van der Waals surface area (Å²) in [4.78, 5) is 16.4. The van der Waals surface area contributed by atoms with Gasteiger partial charge in [-0.15, -0.1) is 0 Å². The Balaban J connectivity index is 1.96. The maximum Gasteiger partial charge on any atom is 0.254 e. The van der Waals surface area contributed by atoms with E-state index in [4.69, 9.17) is 0 Å². The van der Waals surface area contributed by atoms with E-state index in [1.807, 2.05) is 19.1 Å². The van der Waals surface area contributed by atoms with Crippen LogP contribution in [0.5, 0.6) is 0 Å². The van der Waals surface area contributed by atoms with Crippen molar-refractivity contribution in [3.8, 4) is 0 Å². The predicted molar refractivity (Wildman–Crippen MR) is 85.7 cm³/mol. The molecule has 0 unspecified atom stereocenters. The molecule has 0 aliphatic rings. The highest BCUT2D eigenvalue weighted by molar-refractivity contribution is 5.99. The van der Waals surface area contributed by atoms with E-state index in [-0.39, 0.29) is 5.91 Å². The van der Waals surface area contributed by atoms with Gasteiger partial charge >= 0.3 is 0 Å². The summed E-state index contributed by atoms with van der Waals surface area (Å²) in [6.45, 7) is 4.58. The van der Waals surface area contributed by atoms with Crippen molar-refractivity contribution in [3.63, 3.8) is 0 Å². The number of carbonyl (C=O) groups is 1. The van der Waals surface area contributed by atoms with Crippen molar-refractivity contribution in [3.05, 3.63) is 58.9 Å². The SMILES string of the molecule is CNc1cc(C)ncc1C(=O)NCCc1cccc(C)c1. The molecule has 0 saturated carbocycles. The van der Waals surface area contributed by atoms with Crippen LogP contribution >= 0.6 is 0 Å². The smallest absolute Gasteiger partial charge is 0.254 e. The molecule has 2 rings (SSSR count). The molecule has 0 fully saturated rings. The van der Waals surface area contributed by atoms with Crippen molar-refractivity contribution in [2.75, 3.05) is 18.9 Å². The zero-order valence-corrected chi connectivity index (χ0v) is 12.7. The third kappa shape index (κ3) is 4.05. The van der Waals surface area contributed by atoms with Gasteiger partial charge < -0.3 is 10.6 Å². The van der Waals surface area contributed by atoms with E-state index in [2.05, 4.69) is 40.7 Å². The fourth-order valence-corrected chi connectivity index (χ4v) is 2.23. The number of amides is 1. The first kappa shape index (κ1) is 15.0. The van der Waals surface area contributed by atoms with Gasteiger partial charge in [-0.1, -0.05) is 29.8 Å². The molecule has 1 aromatic heterocycles. The lowest BCUT2D eigenvalue weighted by Crippen LogP contribution is -2.26. The summed E-state index contributed by atoms with van der Waals surface area (Å²) in [5.74, 6) is -0.0977. The van der Waals surface area contributed by atoms with Crippen molar-refractivity contribution in [2.24, 2.45) is 0 Å². The van der Waals surface area contributed by atoms with Crippen LogP contribution in [-0.4, -0.2) is 24.5 Å². The molecule has 0 bridgehead atoms. The lowest BCUT2D eigenvalue weighted by Gasteiger charge is -2.10. The first-order valence-electron chi connectivity index (χ1n) is 7.08. The Bertz CT molecular complexity index is 638. The van der Waals surface area contributed by atoms with Crippen LogP contribution < -0.4 is 10.6 Å². The average molecular weight is 283 g/mol. The second-order valence-electron chi connectivity index (χ2n) is 5.12. The fourth-order valence-electron chi connectivity index (χ4n) is 2.23. The van der Waals surface area contributed by atoms with Gasteiger partial charge in [0.25, 0.3) is 5.91 Å². The molecular formula is C17H21N3O. The maximum absolute atomic E-state index is 12.2. The van der Waals surface area contributed by atoms with Crippen LogP contribution in [-0.2, 0) is 6.42 Å². The van der Waals surface area contributed by atoms with Gasteiger partial charge in [0.1, 0.15) is 0 Å². The number of nitrogens with zero attached hydrogens (tertiary/aromatic N) is 1. The van der Waals surface area contributed by atoms with E-state index in [0.29, 0.717) is 12.1 Å². The monoisotopic (exact) mass is 283 g/mol. The summed E-state index contributed by atoms with van der Waals surface area (Å²) in [7, 11) is 1.80. The lowest BCUT2D eigenvalue weighted by molar-refractivity contribution is 0.0954. The van der Waals surface area contributed by atoms with Crippen molar-refractivity contribution in [2.45, 2.75) is 20.3 Å². The number of aromatic nitrogens is 1. The molecule has 1 aromatic carbocycles. The van der Waals surface area contributed by atoms with E-state index in [9.17, 15) is 4.79 Å². The summed E-state index contributed by atoms with van der Waals surface area (Å²) in [5, 5.41) is 5.97. The Kier molecular flexibility index (Phi) is 4.93. The molecule has 0 aliphatic carbocycles. The summed E-state index contributed by atoms with van der Waals surface area (Å²) in [6, 6.07) is 10.2. The normalized spacial score (nSPS) is 10.2. The summed E-state index contributed by atoms with van der Waals surface area (Å²) in [6.07, 6.45) is 2.44. The number of nitrogens with one attached hydrogen (secondary N) is 2. The van der Waals surface area contributed by atoms with E-state index in [1.165, 1.54) is 11.1 Å². The molecule has 1 amide bonds.